The highest BCUT2D eigenvalue weighted by Crippen LogP contribution is 2.46. The van der Waals surface area contributed by atoms with Crippen molar-refractivity contribution in [3.05, 3.63) is 29.3 Å². The molecule has 0 aliphatic heterocycles. The van der Waals surface area contributed by atoms with E-state index in [0.29, 0.717) is 18.9 Å². The van der Waals surface area contributed by atoms with Crippen LogP contribution in [-0.2, 0) is 20.2 Å². The predicted octanol–water partition coefficient (Wildman–Crippen LogP) is 2.08. The van der Waals surface area contributed by atoms with E-state index in [2.05, 4.69) is 4.99 Å². The molecule has 0 radical (unpaired) electrons. The molecule has 0 unspecified atom stereocenters. The lowest BCUT2D eigenvalue weighted by atomic mass is 9.72. The molecule has 0 bridgehead atoms. The van der Waals surface area contributed by atoms with Crippen molar-refractivity contribution in [1.82, 2.24) is 0 Å². The molecule has 4 nitrogen and oxygen atoms in total. The first-order chi connectivity index (χ1) is 8.80. The van der Waals surface area contributed by atoms with E-state index in [1.165, 1.54) is 6.08 Å². The summed E-state index contributed by atoms with van der Waals surface area (Å²) in [6, 6.07) is 1.45. The largest absolute Gasteiger partial charge is 0.235 e. The molecule has 2 rings (SSSR count). The number of hydrogen-bond acceptors (Lipinski definition) is 4. The van der Waals surface area contributed by atoms with Crippen molar-refractivity contribution in [2.45, 2.75) is 29.7 Å². The number of isocyanates is 1. The second kappa shape index (κ2) is 4.51. The van der Waals surface area contributed by atoms with Gasteiger partial charge in [0.05, 0.1) is 0 Å². The fraction of sp³-hybridized carbons (Fsp3) is 0.417. The molecular formula is C12H11F2NO3S. The summed E-state index contributed by atoms with van der Waals surface area (Å²) in [5.41, 5.74) is -1.19. The molecule has 1 aromatic carbocycles. The molecule has 0 amide bonds. The molecule has 1 aliphatic carbocycles. The predicted molar refractivity (Wildman–Crippen MR) is 63.1 cm³/mol. The third kappa shape index (κ3) is 2.31. The Morgan fingerprint density at radius 2 is 1.89 bits per heavy atom. The first-order valence-electron chi connectivity index (χ1n) is 5.59. The smallest absolute Gasteiger partial charge is 0.224 e. The molecule has 1 saturated carbocycles. The van der Waals surface area contributed by atoms with E-state index < -0.39 is 31.9 Å². The van der Waals surface area contributed by atoms with Crippen LogP contribution in [-0.4, -0.2) is 20.8 Å². The zero-order valence-electron chi connectivity index (χ0n) is 10.1. The van der Waals surface area contributed by atoms with Crippen LogP contribution < -0.4 is 0 Å². The zero-order valence-corrected chi connectivity index (χ0v) is 10.9. The van der Waals surface area contributed by atoms with Crippen LogP contribution in [0.15, 0.2) is 22.0 Å². The van der Waals surface area contributed by atoms with E-state index in [9.17, 15) is 22.0 Å². The minimum absolute atomic E-state index is 0.0907. The normalized spacial score (nSPS) is 17.4. The monoisotopic (exact) mass is 287 g/mol. The lowest BCUT2D eigenvalue weighted by Gasteiger charge is -2.37. The molecule has 0 N–H and O–H groups in total. The molecule has 1 fully saturated rings. The summed E-state index contributed by atoms with van der Waals surface area (Å²) in [5, 5.41) is 0. The van der Waals surface area contributed by atoms with E-state index >= 15 is 0 Å². The third-order valence-electron chi connectivity index (χ3n) is 3.36. The minimum atomic E-state index is -3.84. The van der Waals surface area contributed by atoms with Gasteiger partial charge in [0.1, 0.15) is 22.1 Å². The van der Waals surface area contributed by atoms with Crippen molar-refractivity contribution in [3.63, 3.8) is 0 Å². The molecule has 102 valence electrons. The molecule has 0 heterocycles. The van der Waals surface area contributed by atoms with Crippen LogP contribution in [0.5, 0.6) is 0 Å². The second-order valence-corrected chi connectivity index (χ2v) is 6.61. The Morgan fingerprint density at radius 3 is 2.32 bits per heavy atom. The van der Waals surface area contributed by atoms with Gasteiger partial charge in [-0.2, -0.15) is 4.99 Å². The molecule has 0 spiro atoms. The van der Waals surface area contributed by atoms with Crippen LogP contribution in [0.25, 0.3) is 0 Å². The number of benzene rings is 1. The van der Waals surface area contributed by atoms with Crippen molar-refractivity contribution in [1.29, 1.82) is 0 Å². The Bertz CT molecular complexity index is 674. The lowest BCUT2D eigenvalue weighted by molar-refractivity contribution is 0.246. The molecule has 19 heavy (non-hydrogen) atoms. The highest BCUT2D eigenvalue weighted by molar-refractivity contribution is 7.90. The van der Waals surface area contributed by atoms with E-state index in [4.69, 9.17) is 0 Å². The number of halogens is 2. The number of carbonyl (C=O) groups excluding carboxylic acids is 1. The van der Waals surface area contributed by atoms with Gasteiger partial charge in [-0.15, -0.1) is 0 Å². The number of hydrogen-bond donors (Lipinski definition) is 0. The quantitative estimate of drug-likeness (QED) is 0.631. The van der Waals surface area contributed by atoms with Gasteiger partial charge in [-0.3, -0.25) is 0 Å². The molecular weight excluding hydrogens is 276 g/mol. The molecule has 0 atom stereocenters. The molecule has 0 aromatic heterocycles. The molecule has 0 saturated heterocycles. The Hall–Kier alpha value is -1.59. The summed E-state index contributed by atoms with van der Waals surface area (Å²) in [6.07, 6.45) is 3.73. The second-order valence-electron chi connectivity index (χ2n) is 4.62. The first kappa shape index (κ1) is 13.8. The number of sulfone groups is 1. The summed E-state index contributed by atoms with van der Waals surface area (Å²) in [4.78, 5) is 13.3. The SMILES string of the molecule is CS(=O)(=O)c1cc(F)c(C2(N=C=O)CCC2)cc1F. The third-order valence-corrected chi connectivity index (χ3v) is 4.47. The minimum Gasteiger partial charge on any atom is -0.224 e. The van der Waals surface area contributed by atoms with Crippen molar-refractivity contribution < 1.29 is 22.0 Å². The topological polar surface area (TPSA) is 63.6 Å². The molecule has 1 aromatic rings. The van der Waals surface area contributed by atoms with Gasteiger partial charge in [0.15, 0.2) is 9.84 Å². The summed E-state index contributed by atoms with van der Waals surface area (Å²) in [6.45, 7) is 0. The maximum Gasteiger partial charge on any atom is 0.235 e. The van der Waals surface area contributed by atoms with Gasteiger partial charge in [0.2, 0.25) is 6.08 Å². The standard InChI is InChI=1S/C12H11F2NO3S/c1-19(17,18)11-6-9(13)8(5-10(11)14)12(15-7-16)3-2-4-12/h5-6H,2-4H2,1H3. The fourth-order valence-electron chi connectivity index (χ4n) is 2.21. The van der Waals surface area contributed by atoms with Gasteiger partial charge in [-0.1, -0.05) is 0 Å². The number of aliphatic imine (C=N–C) groups is 1. The van der Waals surface area contributed by atoms with Gasteiger partial charge in [0, 0.05) is 11.8 Å². The first-order valence-corrected chi connectivity index (χ1v) is 7.48. The Balaban J connectivity index is 2.62. The van der Waals surface area contributed by atoms with Crippen molar-refractivity contribution in [2.24, 2.45) is 4.99 Å². The van der Waals surface area contributed by atoms with E-state index in [-0.39, 0.29) is 5.56 Å². The lowest BCUT2D eigenvalue weighted by Crippen LogP contribution is -2.33. The summed E-state index contributed by atoms with van der Waals surface area (Å²) in [5.74, 6) is -1.91. The molecule has 7 heteroatoms. The van der Waals surface area contributed by atoms with Crippen LogP contribution in [0, 0.1) is 11.6 Å². The van der Waals surface area contributed by atoms with E-state index in [0.717, 1.165) is 18.7 Å². The maximum atomic E-state index is 14.0. The van der Waals surface area contributed by atoms with Crippen molar-refractivity contribution in [3.8, 4) is 0 Å². The van der Waals surface area contributed by atoms with Gasteiger partial charge in [-0.05, 0) is 31.4 Å². The summed E-state index contributed by atoms with van der Waals surface area (Å²) in [7, 11) is -3.84. The number of nitrogens with zero attached hydrogens (tertiary/aromatic N) is 1. The Morgan fingerprint density at radius 1 is 1.26 bits per heavy atom. The van der Waals surface area contributed by atoms with Gasteiger partial charge < -0.3 is 0 Å². The Labute approximate surface area is 109 Å². The Kier molecular flexibility index (Phi) is 3.28. The van der Waals surface area contributed by atoms with Gasteiger partial charge in [0.25, 0.3) is 0 Å². The summed E-state index contributed by atoms with van der Waals surface area (Å²) < 4.78 is 50.3. The van der Waals surface area contributed by atoms with Crippen molar-refractivity contribution >= 4 is 15.9 Å². The van der Waals surface area contributed by atoms with Crippen molar-refractivity contribution in [2.75, 3.05) is 6.26 Å². The van der Waals surface area contributed by atoms with Gasteiger partial charge in [-0.25, -0.2) is 22.0 Å². The highest BCUT2D eigenvalue weighted by Gasteiger charge is 2.41. The van der Waals surface area contributed by atoms with Crippen LogP contribution in [0.3, 0.4) is 0 Å². The number of rotatable bonds is 3. The average molecular weight is 287 g/mol. The highest BCUT2D eigenvalue weighted by atomic mass is 32.2. The van der Waals surface area contributed by atoms with Crippen LogP contribution in [0.4, 0.5) is 8.78 Å². The summed E-state index contributed by atoms with van der Waals surface area (Å²) >= 11 is 0. The van der Waals surface area contributed by atoms with E-state index in [1.54, 1.807) is 0 Å². The van der Waals surface area contributed by atoms with Crippen LogP contribution in [0.1, 0.15) is 24.8 Å². The average Bonchev–Trinajstić information content (AvgIpc) is 2.25. The zero-order chi connectivity index (χ0) is 14.3. The fourth-order valence-corrected chi connectivity index (χ4v) is 2.94. The van der Waals surface area contributed by atoms with Crippen LogP contribution in [0.2, 0.25) is 0 Å². The van der Waals surface area contributed by atoms with Gasteiger partial charge >= 0.3 is 0 Å². The van der Waals surface area contributed by atoms with E-state index in [1.807, 2.05) is 0 Å². The maximum absolute atomic E-state index is 14.0. The molecule has 1 aliphatic rings. The van der Waals surface area contributed by atoms with Crippen LogP contribution >= 0.6 is 0 Å².